The van der Waals surface area contributed by atoms with Gasteiger partial charge in [-0.15, -0.1) is 0 Å². The summed E-state index contributed by atoms with van der Waals surface area (Å²) in [5, 5.41) is 8.96. The van der Waals surface area contributed by atoms with Crippen molar-refractivity contribution in [3.8, 4) is 6.07 Å². The van der Waals surface area contributed by atoms with Crippen LogP contribution in [0.25, 0.3) is 0 Å². The quantitative estimate of drug-likeness (QED) is 0.416. The lowest BCUT2D eigenvalue weighted by molar-refractivity contribution is -0.138. The summed E-state index contributed by atoms with van der Waals surface area (Å²) in [5.41, 5.74) is 1.08. The van der Waals surface area contributed by atoms with Crippen LogP contribution in [0.1, 0.15) is 46.0 Å². The fourth-order valence-electron chi connectivity index (χ4n) is 2.27. The molecule has 3 heteroatoms. The van der Waals surface area contributed by atoms with E-state index in [1.165, 1.54) is 25.7 Å². The van der Waals surface area contributed by atoms with Gasteiger partial charge in [-0.2, -0.15) is 5.26 Å². The summed E-state index contributed by atoms with van der Waals surface area (Å²) >= 11 is 0. The minimum Gasteiger partial charge on any atom is -0.462 e. The van der Waals surface area contributed by atoms with Crippen molar-refractivity contribution in [3.05, 3.63) is 11.1 Å². The molecule has 0 unspecified atom stereocenters. The second kappa shape index (κ2) is 6.32. The van der Waals surface area contributed by atoms with E-state index < -0.39 is 5.97 Å². The van der Waals surface area contributed by atoms with E-state index in [4.69, 9.17) is 10.00 Å². The van der Waals surface area contributed by atoms with E-state index in [2.05, 4.69) is 0 Å². The Bertz CT molecular complexity index is 319. The first kappa shape index (κ1) is 12.8. The van der Waals surface area contributed by atoms with Crippen molar-refractivity contribution >= 4 is 5.97 Å². The zero-order chi connectivity index (χ0) is 12.0. The fourth-order valence-corrected chi connectivity index (χ4v) is 2.27. The van der Waals surface area contributed by atoms with E-state index in [-0.39, 0.29) is 5.57 Å². The summed E-state index contributed by atoms with van der Waals surface area (Å²) in [4.78, 5) is 11.5. The molecule has 1 aliphatic rings. The minimum atomic E-state index is -0.472. The van der Waals surface area contributed by atoms with Crippen LogP contribution in [0, 0.1) is 17.2 Å². The van der Waals surface area contributed by atoms with Gasteiger partial charge in [0.2, 0.25) is 0 Å². The molecule has 88 valence electrons. The van der Waals surface area contributed by atoms with Crippen LogP contribution < -0.4 is 0 Å². The lowest BCUT2D eigenvalue weighted by Gasteiger charge is -2.10. The molecule has 0 aliphatic heterocycles. The van der Waals surface area contributed by atoms with Crippen LogP contribution in [-0.2, 0) is 9.53 Å². The average molecular weight is 221 g/mol. The third-order valence-corrected chi connectivity index (χ3v) is 3.09. The van der Waals surface area contributed by atoms with Crippen molar-refractivity contribution in [2.45, 2.75) is 46.0 Å². The summed E-state index contributed by atoms with van der Waals surface area (Å²) in [6.45, 7) is 3.94. The van der Waals surface area contributed by atoms with Gasteiger partial charge in [-0.25, -0.2) is 4.79 Å². The molecule has 0 aromatic rings. The predicted octanol–water partition coefficient (Wildman–Crippen LogP) is 2.97. The van der Waals surface area contributed by atoms with Gasteiger partial charge in [0.25, 0.3) is 0 Å². The predicted molar refractivity (Wildman–Crippen MR) is 61.5 cm³/mol. The first-order valence-electron chi connectivity index (χ1n) is 5.96. The van der Waals surface area contributed by atoms with Crippen molar-refractivity contribution in [2.75, 3.05) is 6.61 Å². The molecular weight excluding hydrogens is 202 g/mol. The summed E-state index contributed by atoms with van der Waals surface area (Å²) < 4.78 is 4.86. The molecule has 0 aromatic heterocycles. The van der Waals surface area contributed by atoms with Crippen LogP contribution in [0.4, 0.5) is 0 Å². The zero-order valence-electron chi connectivity index (χ0n) is 10.1. The van der Waals surface area contributed by atoms with Crippen molar-refractivity contribution < 1.29 is 9.53 Å². The number of hydrogen-bond acceptors (Lipinski definition) is 3. The molecule has 0 atom stereocenters. The van der Waals surface area contributed by atoms with Gasteiger partial charge in [0.05, 0.1) is 6.61 Å². The Morgan fingerprint density at radius 2 is 2.06 bits per heavy atom. The SMILES string of the molecule is CCOC(=O)/C(C#N)=C(\C)CC1CCCC1. The van der Waals surface area contributed by atoms with Crippen molar-refractivity contribution in [2.24, 2.45) is 5.92 Å². The van der Waals surface area contributed by atoms with Crippen LogP contribution in [0.2, 0.25) is 0 Å². The third kappa shape index (κ3) is 3.37. The molecule has 0 radical (unpaired) electrons. The molecule has 3 nitrogen and oxygen atoms in total. The Kier molecular flexibility index (Phi) is 5.04. The highest BCUT2D eigenvalue weighted by atomic mass is 16.5. The number of carbonyl (C=O) groups is 1. The van der Waals surface area contributed by atoms with Crippen LogP contribution >= 0.6 is 0 Å². The van der Waals surface area contributed by atoms with E-state index in [1.807, 2.05) is 13.0 Å². The maximum absolute atomic E-state index is 11.5. The van der Waals surface area contributed by atoms with Crippen LogP contribution in [-0.4, -0.2) is 12.6 Å². The fraction of sp³-hybridized carbons (Fsp3) is 0.692. The molecule has 1 fully saturated rings. The number of nitriles is 1. The summed E-state index contributed by atoms with van der Waals surface area (Å²) in [7, 11) is 0. The molecule has 0 spiro atoms. The smallest absolute Gasteiger partial charge is 0.348 e. The molecule has 0 N–H and O–H groups in total. The third-order valence-electron chi connectivity index (χ3n) is 3.09. The van der Waals surface area contributed by atoms with Crippen molar-refractivity contribution in [1.29, 1.82) is 5.26 Å². The summed E-state index contributed by atoms with van der Waals surface area (Å²) in [6, 6.07) is 1.97. The highest BCUT2D eigenvalue weighted by Crippen LogP contribution is 2.30. The number of esters is 1. The standard InChI is InChI=1S/C13H19NO2/c1-3-16-13(15)12(9-14)10(2)8-11-6-4-5-7-11/h11H,3-8H2,1-2H3/b12-10+. The molecule has 0 saturated heterocycles. The molecule has 16 heavy (non-hydrogen) atoms. The lowest BCUT2D eigenvalue weighted by atomic mass is 9.96. The minimum absolute atomic E-state index is 0.203. The first-order valence-corrected chi connectivity index (χ1v) is 5.96. The van der Waals surface area contributed by atoms with E-state index in [0.29, 0.717) is 12.5 Å². The van der Waals surface area contributed by atoms with Gasteiger partial charge in [0, 0.05) is 0 Å². The van der Waals surface area contributed by atoms with Crippen molar-refractivity contribution in [3.63, 3.8) is 0 Å². The van der Waals surface area contributed by atoms with Gasteiger partial charge in [0.1, 0.15) is 11.6 Å². The normalized spacial score (nSPS) is 17.8. The van der Waals surface area contributed by atoms with E-state index in [1.54, 1.807) is 6.92 Å². The Balaban J connectivity index is 2.66. The highest BCUT2D eigenvalue weighted by molar-refractivity contribution is 5.93. The second-order valence-electron chi connectivity index (χ2n) is 4.34. The number of allylic oxidation sites excluding steroid dienone is 1. The molecular formula is C13H19NO2. The molecule has 0 aromatic carbocycles. The number of nitrogens with zero attached hydrogens (tertiary/aromatic N) is 1. The summed E-state index contributed by atoms with van der Waals surface area (Å²) in [5.74, 6) is 0.179. The van der Waals surface area contributed by atoms with Gasteiger partial charge < -0.3 is 4.74 Å². The van der Waals surface area contributed by atoms with Crippen molar-refractivity contribution in [1.82, 2.24) is 0 Å². The Hall–Kier alpha value is -1.30. The maximum atomic E-state index is 11.5. The van der Waals surface area contributed by atoms with Gasteiger partial charge in [-0.1, -0.05) is 25.7 Å². The van der Waals surface area contributed by atoms with Gasteiger partial charge in [-0.3, -0.25) is 0 Å². The molecule has 1 rings (SSSR count). The Morgan fingerprint density at radius 3 is 2.56 bits per heavy atom. The van der Waals surface area contributed by atoms with Crippen LogP contribution in [0.3, 0.4) is 0 Å². The topological polar surface area (TPSA) is 50.1 Å². The van der Waals surface area contributed by atoms with Gasteiger partial charge in [-0.05, 0) is 31.8 Å². The molecule has 0 amide bonds. The second-order valence-corrected chi connectivity index (χ2v) is 4.34. The number of hydrogen-bond donors (Lipinski definition) is 0. The van der Waals surface area contributed by atoms with Gasteiger partial charge >= 0.3 is 5.97 Å². The summed E-state index contributed by atoms with van der Waals surface area (Å²) in [6.07, 6.45) is 5.86. The Labute approximate surface area is 97.1 Å². The largest absolute Gasteiger partial charge is 0.462 e. The zero-order valence-corrected chi connectivity index (χ0v) is 10.1. The van der Waals surface area contributed by atoms with E-state index >= 15 is 0 Å². The molecule has 1 saturated carbocycles. The van der Waals surface area contributed by atoms with Crippen LogP contribution in [0.15, 0.2) is 11.1 Å². The molecule has 0 bridgehead atoms. The Morgan fingerprint density at radius 1 is 1.44 bits per heavy atom. The average Bonchev–Trinajstić information content (AvgIpc) is 2.71. The van der Waals surface area contributed by atoms with E-state index in [0.717, 1.165) is 12.0 Å². The van der Waals surface area contributed by atoms with Crippen LogP contribution in [0.5, 0.6) is 0 Å². The first-order chi connectivity index (χ1) is 7.69. The number of carbonyl (C=O) groups excluding carboxylic acids is 1. The van der Waals surface area contributed by atoms with E-state index in [9.17, 15) is 4.79 Å². The lowest BCUT2D eigenvalue weighted by Crippen LogP contribution is -2.09. The maximum Gasteiger partial charge on any atom is 0.348 e. The monoisotopic (exact) mass is 221 g/mol. The highest BCUT2D eigenvalue weighted by Gasteiger charge is 2.19. The van der Waals surface area contributed by atoms with Gasteiger partial charge in [0.15, 0.2) is 0 Å². The number of rotatable bonds is 4. The molecule has 0 heterocycles. The molecule has 1 aliphatic carbocycles. The number of ether oxygens (including phenoxy) is 1.